The molecule has 0 saturated carbocycles. The van der Waals surface area contributed by atoms with E-state index in [1.165, 1.54) is 0 Å². The molecule has 5 nitrogen and oxygen atoms in total. The first-order chi connectivity index (χ1) is 8.74. The van der Waals surface area contributed by atoms with Crippen LogP contribution in [0.1, 0.15) is 22.3 Å². The lowest BCUT2D eigenvalue weighted by Crippen LogP contribution is -2.31. The molecule has 1 aromatic carbocycles. The SMILES string of the molecule is NCC1CCN(Cc2ccccc2C(=O)NN)C1. The lowest BCUT2D eigenvalue weighted by atomic mass is 10.1. The van der Waals surface area contributed by atoms with Gasteiger partial charge in [0.1, 0.15) is 0 Å². The molecule has 0 aromatic heterocycles. The predicted octanol–water partition coefficient (Wildman–Crippen LogP) is 0.0707. The standard InChI is InChI=1S/C13H20N4O/c14-7-10-5-6-17(8-10)9-11-3-1-2-4-12(11)13(18)16-15/h1-4,10H,5-9,14-15H2,(H,16,18). The molecule has 1 atom stereocenters. The van der Waals surface area contributed by atoms with E-state index in [2.05, 4.69) is 10.3 Å². The van der Waals surface area contributed by atoms with Gasteiger partial charge in [0, 0.05) is 18.7 Å². The van der Waals surface area contributed by atoms with Gasteiger partial charge in [-0.05, 0) is 37.1 Å². The molecular formula is C13H20N4O. The van der Waals surface area contributed by atoms with Gasteiger partial charge >= 0.3 is 0 Å². The summed E-state index contributed by atoms with van der Waals surface area (Å²) in [6, 6.07) is 7.56. The van der Waals surface area contributed by atoms with Gasteiger partial charge in [0.25, 0.3) is 5.91 Å². The van der Waals surface area contributed by atoms with Crippen LogP contribution in [0.5, 0.6) is 0 Å². The van der Waals surface area contributed by atoms with Crippen LogP contribution in [-0.4, -0.2) is 30.4 Å². The van der Waals surface area contributed by atoms with E-state index in [-0.39, 0.29) is 5.91 Å². The maximum atomic E-state index is 11.7. The van der Waals surface area contributed by atoms with Crippen molar-refractivity contribution in [2.24, 2.45) is 17.5 Å². The number of nitrogen functional groups attached to an aromatic ring is 1. The molecule has 5 N–H and O–H groups in total. The molecule has 1 aliphatic rings. The Morgan fingerprint density at radius 2 is 2.22 bits per heavy atom. The first kappa shape index (κ1) is 13.0. The van der Waals surface area contributed by atoms with E-state index in [0.717, 1.165) is 38.2 Å². The number of carbonyl (C=O) groups is 1. The van der Waals surface area contributed by atoms with E-state index < -0.39 is 0 Å². The molecule has 18 heavy (non-hydrogen) atoms. The van der Waals surface area contributed by atoms with Crippen molar-refractivity contribution in [3.05, 3.63) is 35.4 Å². The van der Waals surface area contributed by atoms with E-state index in [9.17, 15) is 4.79 Å². The van der Waals surface area contributed by atoms with Crippen LogP contribution in [0.25, 0.3) is 0 Å². The molecule has 0 radical (unpaired) electrons. The van der Waals surface area contributed by atoms with Gasteiger partial charge in [-0.15, -0.1) is 0 Å². The van der Waals surface area contributed by atoms with Crippen LogP contribution in [0, 0.1) is 5.92 Å². The summed E-state index contributed by atoms with van der Waals surface area (Å²) in [5.74, 6) is 5.54. The molecular weight excluding hydrogens is 228 g/mol. The molecule has 1 unspecified atom stereocenters. The Morgan fingerprint density at radius 3 is 2.89 bits per heavy atom. The van der Waals surface area contributed by atoms with Crippen LogP contribution in [0.2, 0.25) is 0 Å². The number of hydrazine groups is 1. The number of nitrogens with one attached hydrogen (secondary N) is 1. The monoisotopic (exact) mass is 248 g/mol. The maximum Gasteiger partial charge on any atom is 0.265 e. The second kappa shape index (κ2) is 5.95. The zero-order chi connectivity index (χ0) is 13.0. The third-order valence-electron chi connectivity index (χ3n) is 3.49. The van der Waals surface area contributed by atoms with Crippen molar-refractivity contribution >= 4 is 5.91 Å². The first-order valence-electron chi connectivity index (χ1n) is 6.26. The average molecular weight is 248 g/mol. The van der Waals surface area contributed by atoms with Crippen molar-refractivity contribution in [1.29, 1.82) is 0 Å². The number of rotatable bonds is 4. The van der Waals surface area contributed by atoms with Crippen LogP contribution in [0.3, 0.4) is 0 Å². The summed E-state index contributed by atoms with van der Waals surface area (Å²) >= 11 is 0. The summed E-state index contributed by atoms with van der Waals surface area (Å²) < 4.78 is 0. The number of hydrogen-bond donors (Lipinski definition) is 3. The quantitative estimate of drug-likeness (QED) is 0.400. The first-order valence-corrected chi connectivity index (χ1v) is 6.26. The van der Waals surface area contributed by atoms with E-state index in [0.29, 0.717) is 11.5 Å². The number of amides is 1. The van der Waals surface area contributed by atoms with Gasteiger partial charge in [-0.25, -0.2) is 5.84 Å². The topological polar surface area (TPSA) is 84.4 Å². The zero-order valence-electron chi connectivity index (χ0n) is 10.4. The summed E-state index contributed by atoms with van der Waals surface area (Å²) in [5.41, 5.74) is 9.53. The van der Waals surface area contributed by atoms with Gasteiger partial charge < -0.3 is 5.73 Å². The smallest absolute Gasteiger partial charge is 0.265 e. The molecule has 1 amide bonds. The Hall–Kier alpha value is -1.43. The lowest BCUT2D eigenvalue weighted by molar-refractivity contribution is 0.0952. The highest BCUT2D eigenvalue weighted by Gasteiger charge is 2.22. The van der Waals surface area contributed by atoms with Crippen molar-refractivity contribution in [2.75, 3.05) is 19.6 Å². The highest BCUT2D eigenvalue weighted by atomic mass is 16.2. The van der Waals surface area contributed by atoms with Crippen LogP contribution < -0.4 is 17.0 Å². The highest BCUT2D eigenvalue weighted by molar-refractivity contribution is 5.95. The Labute approximate surface area is 107 Å². The largest absolute Gasteiger partial charge is 0.330 e. The minimum Gasteiger partial charge on any atom is -0.330 e. The summed E-state index contributed by atoms with van der Waals surface area (Å²) in [6.45, 7) is 3.57. The molecule has 1 aromatic rings. The van der Waals surface area contributed by atoms with E-state index in [1.807, 2.05) is 18.2 Å². The molecule has 1 saturated heterocycles. The number of hydrogen-bond acceptors (Lipinski definition) is 4. The van der Waals surface area contributed by atoms with Gasteiger partial charge in [0.05, 0.1) is 0 Å². The molecule has 0 aliphatic carbocycles. The van der Waals surface area contributed by atoms with Gasteiger partial charge in [0.15, 0.2) is 0 Å². The molecule has 0 bridgehead atoms. The molecule has 1 aliphatic heterocycles. The molecule has 1 heterocycles. The van der Waals surface area contributed by atoms with Crippen molar-refractivity contribution in [1.82, 2.24) is 10.3 Å². The fraction of sp³-hybridized carbons (Fsp3) is 0.462. The summed E-state index contributed by atoms with van der Waals surface area (Å²) in [7, 11) is 0. The second-order valence-corrected chi connectivity index (χ2v) is 4.76. The summed E-state index contributed by atoms with van der Waals surface area (Å²) in [6.07, 6.45) is 1.14. The van der Waals surface area contributed by atoms with Crippen molar-refractivity contribution in [3.8, 4) is 0 Å². The minimum absolute atomic E-state index is 0.236. The summed E-state index contributed by atoms with van der Waals surface area (Å²) in [5, 5.41) is 0. The van der Waals surface area contributed by atoms with Crippen LogP contribution in [-0.2, 0) is 6.54 Å². The molecule has 0 spiro atoms. The average Bonchev–Trinajstić information content (AvgIpc) is 2.86. The van der Waals surface area contributed by atoms with Gasteiger partial charge in [-0.2, -0.15) is 0 Å². The number of nitrogens with zero attached hydrogens (tertiary/aromatic N) is 1. The van der Waals surface area contributed by atoms with Crippen molar-refractivity contribution < 1.29 is 4.79 Å². The zero-order valence-corrected chi connectivity index (χ0v) is 10.4. The van der Waals surface area contributed by atoms with Crippen molar-refractivity contribution in [3.63, 3.8) is 0 Å². The number of carbonyl (C=O) groups excluding carboxylic acids is 1. The molecule has 1 fully saturated rings. The maximum absolute atomic E-state index is 11.7. The molecule has 98 valence electrons. The Balaban J connectivity index is 2.07. The van der Waals surface area contributed by atoms with Gasteiger partial charge in [0.2, 0.25) is 0 Å². The highest BCUT2D eigenvalue weighted by Crippen LogP contribution is 2.19. The van der Waals surface area contributed by atoms with Crippen molar-refractivity contribution in [2.45, 2.75) is 13.0 Å². The van der Waals surface area contributed by atoms with Gasteiger partial charge in [-0.1, -0.05) is 18.2 Å². The fourth-order valence-electron chi connectivity index (χ4n) is 2.45. The predicted molar refractivity (Wildman–Crippen MR) is 70.5 cm³/mol. The Morgan fingerprint density at radius 1 is 1.44 bits per heavy atom. The van der Waals surface area contributed by atoms with Crippen LogP contribution in [0.15, 0.2) is 24.3 Å². The second-order valence-electron chi connectivity index (χ2n) is 4.76. The third kappa shape index (κ3) is 2.87. The van der Waals surface area contributed by atoms with E-state index >= 15 is 0 Å². The lowest BCUT2D eigenvalue weighted by Gasteiger charge is -2.17. The Kier molecular flexibility index (Phi) is 4.30. The van der Waals surface area contributed by atoms with Crippen LogP contribution in [0.4, 0.5) is 0 Å². The number of nitrogens with two attached hydrogens (primary N) is 2. The van der Waals surface area contributed by atoms with Crippen LogP contribution >= 0.6 is 0 Å². The Bertz CT molecular complexity index is 421. The number of benzene rings is 1. The van der Waals surface area contributed by atoms with Gasteiger partial charge in [-0.3, -0.25) is 15.1 Å². The van der Waals surface area contributed by atoms with E-state index in [4.69, 9.17) is 11.6 Å². The third-order valence-corrected chi connectivity index (χ3v) is 3.49. The number of likely N-dealkylation sites (tertiary alicyclic amines) is 1. The molecule has 2 rings (SSSR count). The van der Waals surface area contributed by atoms with E-state index in [1.54, 1.807) is 6.07 Å². The normalized spacial score (nSPS) is 20.0. The fourth-order valence-corrected chi connectivity index (χ4v) is 2.45. The summed E-state index contributed by atoms with van der Waals surface area (Å²) in [4.78, 5) is 14.0. The molecule has 5 heteroatoms. The minimum atomic E-state index is -0.236.